The van der Waals surface area contributed by atoms with E-state index < -0.39 is 28.7 Å². The van der Waals surface area contributed by atoms with Crippen molar-refractivity contribution in [3.63, 3.8) is 0 Å². The molecule has 5 fully saturated rings. The van der Waals surface area contributed by atoms with Gasteiger partial charge >= 0.3 is 12.1 Å². The third-order valence-corrected chi connectivity index (χ3v) is 9.57. The third kappa shape index (κ3) is 4.36. The molecule has 36 heavy (non-hydrogen) atoms. The first-order chi connectivity index (χ1) is 16.8. The number of nitrogens with zero attached hydrogens (tertiary/aromatic N) is 2. The summed E-state index contributed by atoms with van der Waals surface area (Å²) in [4.78, 5) is 29.6. The van der Waals surface area contributed by atoms with Gasteiger partial charge in [0, 0.05) is 32.2 Å². The zero-order chi connectivity index (χ0) is 26.0. The summed E-state index contributed by atoms with van der Waals surface area (Å²) in [6.07, 6.45) is -0.397. The lowest BCUT2D eigenvalue weighted by Gasteiger charge is -2.58. The number of piperazine rings is 1. The topological polar surface area (TPSA) is 72.9 Å². The maximum absolute atomic E-state index is 13.5. The Labute approximate surface area is 214 Å². The number of hydrogen-bond acceptors (Lipinski definition) is 4. The van der Waals surface area contributed by atoms with Crippen LogP contribution in [0.3, 0.4) is 0 Å². The largest absolute Gasteiger partial charge is 0.481 e. The summed E-state index contributed by atoms with van der Waals surface area (Å²) in [5.41, 5.74) is -1.59. The average molecular weight is 528 g/mol. The van der Waals surface area contributed by atoms with Crippen LogP contribution >= 0.6 is 11.6 Å². The van der Waals surface area contributed by atoms with Gasteiger partial charge in [-0.15, -0.1) is 0 Å². The number of carboxylic acid groups (broad SMARTS) is 1. The average Bonchev–Trinajstić information content (AvgIpc) is 2.80. The van der Waals surface area contributed by atoms with Gasteiger partial charge in [0.15, 0.2) is 0 Å². The number of carbonyl (C=O) groups is 2. The molecule has 4 saturated carbocycles. The molecule has 0 aromatic heterocycles. The smallest absolute Gasteiger partial charge is 0.416 e. The predicted molar refractivity (Wildman–Crippen MR) is 130 cm³/mol. The predicted octanol–water partition coefficient (Wildman–Crippen LogP) is 4.66. The van der Waals surface area contributed by atoms with Crippen LogP contribution in [0.15, 0.2) is 18.2 Å². The minimum atomic E-state index is -4.44. The van der Waals surface area contributed by atoms with Gasteiger partial charge in [-0.2, -0.15) is 13.2 Å². The molecule has 198 valence electrons. The number of alkyl halides is 3. The first-order valence-corrected chi connectivity index (χ1v) is 13.1. The molecule has 0 spiro atoms. The quantitative estimate of drug-likeness (QED) is 0.583. The first kappa shape index (κ1) is 25.6. The van der Waals surface area contributed by atoms with E-state index in [0.29, 0.717) is 50.6 Å². The van der Waals surface area contributed by atoms with Crippen molar-refractivity contribution in [1.29, 1.82) is 0 Å². The van der Waals surface area contributed by atoms with Gasteiger partial charge in [-0.1, -0.05) is 11.6 Å². The summed E-state index contributed by atoms with van der Waals surface area (Å²) in [6, 6.07) is 3.44. The Bertz CT molecular complexity index is 1040. The maximum atomic E-state index is 13.5. The number of aliphatic carboxylic acids is 1. The lowest BCUT2D eigenvalue weighted by Crippen LogP contribution is -2.66. The molecule has 4 bridgehead atoms. The molecular weight excluding hydrogens is 495 g/mol. The van der Waals surface area contributed by atoms with E-state index in [1.807, 2.05) is 18.7 Å². The summed E-state index contributed by atoms with van der Waals surface area (Å²) in [5.74, 6) is 0.143. The van der Waals surface area contributed by atoms with Crippen molar-refractivity contribution in [2.75, 3.05) is 31.1 Å². The summed E-state index contributed by atoms with van der Waals surface area (Å²) in [6.45, 7) is 6.02. The highest BCUT2D eigenvalue weighted by atomic mass is 35.5. The Balaban J connectivity index is 1.21. The van der Waals surface area contributed by atoms with Crippen molar-refractivity contribution < 1.29 is 27.9 Å². The fourth-order valence-electron chi connectivity index (χ4n) is 7.44. The van der Waals surface area contributed by atoms with Gasteiger partial charge in [0.25, 0.3) is 0 Å². The van der Waals surface area contributed by atoms with Gasteiger partial charge in [-0.25, -0.2) is 0 Å². The van der Waals surface area contributed by atoms with Crippen LogP contribution in [0.1, 0.15) is 51.5 Å². The Morgan fingerprint density at radius 1 is 1.06 bits per heavy atom. The van der Waals surface area contributed by atoms with Crippen molar-refractivity contribution >= 4 is 29.2 Å². The zero-order valence-corrected chi connectivity index (χ0v) is 21.3. The summed E-state index contributed by atoms with van der Waals surface area (Å²) in [7, 11) is 0. The summed E-state index contributed by atoms with van der Waals surface area (Å²) < 4.78 is 38.9. The molecule has 10 heteroatoms. The number of benzene rings is 1. The van der Waals surface area contributed by atoms with E-state index >= 15 is 0 Å². The van der Waals surface area contributed by atoms with E-state index in [1.165, 1.54) is 6.07 Å². The number of hydrogen-bond donors (Lipinski definition) is 2. The number of amides is 1. The molecule has 1 saturated heterocycles. The number of nitrogens with one attached hydrogen (secondary N) is 1. The monoisotopic (exact) mass is 527 g/mol. The SMILES string of the molecule is CC(C)(C(=O)NC1C2CC3CC1CC(C(=O)O)(C3)C2)N1CCN(c2ccc(C(F)(F)F)cc2Cl)CC1. The Morgan fingerprint density at radius 2 is 1.67 bits per heavy atom. The fourth-order valence-corrected chi connectivity index (χ4v) is 7.74. The summed E-state index contributed by atoms with van der Waals surface area (Å²) >= 11 is 6.19. The van der Waals surface area contributed by atoms with Crippen LogP contribution in [0.2, 0.25) is 5.02 Å². The van der Waals surface area contributed by atoms with E-state index in [1.54, 1.807) is 0 Å². The van der Waals surface area contributed by atoms with E-state index in [0.717, 1.165) is 31.4 Å². The molecular formula is C26H33ClF3N3O3. The van der Waals surface area contributed by atoms with Crippen LogP contribution in [-0.2, 0) is 15.8 Å². The van der Waals surface area contributed by atoms with Gasteiger partial charge in [0.2, 0.25) is 5.91 Å². The van der Waals surface area contributed by atoms with Crippen LogP contribution in [0, 0.1) is 23.2 Å². The van der Waals surface area contributed by atoms with Crippen molar-refractivity contribution in [3.05, 3.63) is 28.8 Å². The zero-order valence-electron chi connectivity index (χ0n) is 20.6. The van der Waals surface area contributed by atoms with Gasteiger partial charge in [0.1, 0.15) is 0 Å². The standard InChI is InChI=1S/C26H33ClF3N3O3/c1-24(2,22(34)31-21-16-9-15-10-17(21)14-25(12-15,13-16)23(35)36)33-7-5-32(6-8-33)20-4-3-18(11-19(20)27)26(28,29)30/h3-4,11,15-17,21H,5-10,12-14H2,1-2H3,(H,31,34)(H,35,36). The molecule has 1 aliphatic heterocycles. The van der Waals surface area contributed by atoms with Crippen LogP contribution < -0.4 is 10.2 Å². The Morgan fingerprint density at radius 3 is 2.19 bits per heavy atom. The molecule has 0 radical (unpaired) electrons. The molecule has 2 N–H and O–H groups in total. The van der Waals surface area contributed by atoms with E-state index in [-0.39, 0.29) is 28.8 Å². The molecule has 1 aromatic carbocycles. The maximum Gasteiger partial charge on any atom is 0.416 e. The molecule has 1 amide bonds. The second kappa shape index (κ2) is 8.79. The third-order valence-electron chi connectivity index (χ3n) is 9.27. The molecule has 4 aliphatic carbocycles. The first-order valence-electron chi connectivity index (χ1n) is 12.7. The van der Waals surface area contributed by atoms with Crippen LogP contribution in [0.5, 0.6) is 0 Å². The normalized spacial score (nSPS) is 32.6. The van der Waals surface area contributed by atoms with Crippen LogP contribution in [-0.4, -0.2) is 59.6 Å². The lowest BCUT2D eigenvalue weighted by molar-refractivity contribution is -0.168. The molecule has 2 atom stereocenters. The molecule has 6 nitrogen and oxygen atoms in total. The van der Waals surface area contributed by atoms with Gasteiger partial charge in [0.05, 0.1) is 27.2 Å². The number of anilines is 1. The number of carbonyl (C=O) groups excluding carboxylic acids is 1. The second-order valence-corrected chi connectivity index (χ2v) is 12.2. The highest BCUT2D eigenvalue weighted by Crippen LogP contribution is 2.60. The van der Waals surface area contributed by atoms with Crippen LogP contribution in [0.4, 0.5) is 18.9 Å². The highest BCUT2D eigenvalue weighted by molar-refractivity contribution is 6.33. The lowest BCUT2D eigenvalue weighted by atomic mass is 9.48. The van der Waals surface area contributed by atoms with Crippen molar-refractivity contribution in [3.8, 4) is 0 Å². The molecule has 6 rings (SSSR count). The molecule has 2 unspecified atom stereocenters. The second-order valence-electron chi connectivity index (χ2n) is 11.8. The van der Waals surface area contributed by atoms with E-state index in [2.05, 4.69) is 10.2 Å². The number of carboxylic acids is 1. The van der Waals surface area contributed by atoms with Gasteiger partial charge in [-0.3, -0.25) is 14.5 Å². The fraction of sp³-hybridized carbons (Fsp3) is 0.692. The van der Waals surface area contributed by atoms with Crippen molar-refractivity contribution in [2.45, 2.75) is 63.7 Å². The van der Waals surface area contributed by atoms with Gasteiger partial charge in [-0.05, 0) is 81.9 Å². The Kier molecular flexibility index (Phi) is 6.26. The Hall–Kier alpha value is -2.00. The number of rotatable bonds is 5. The minimum absolute atomic E-state index is 0.0213. The number of halogens is 4. The van der Waals surface area contributed by atoms with Gasteiger partial charge < -0.3 is 15.3 Å². The minimum Gasteiger partial charge on any atom is -0.481 e. The highest BCUT2D eigenvalue weighted by Gasteiger charge is 2.59. The molecule has 1 aromatic rings. The molecule has 5 aliphatic rings. The summed E-state index contributed by atoms with van der Waals surface area (Å²) in [5, 5.41) is 13.2. The van der Waals surface area contributed by atoms with Crippen molar-refractivity contribution in [1.82, 2.24) is 10.2 Å². The van der Waals surface area contributed by atoms with E-state index in [4.69, 9.17) is 11.6 Å². The van der Waals surface area contributed by atoms with Crippen LogP contribution in [0.25, 0.3) is 0 Å². The molecule has 1 heterocycles. The van der Waals surface area contributed by atoms with E-state index in [9.17, 15) is 27.9 Å². The van der Waals surface area contributed by atoms with Crippen molar-refractivity contribution in [2.24, 2.45) is 23.2 Å².